The van der Waals surface area contributed by atoms with Gasteiger partial charge in [0.25, 0.3) is 5.91 Å². The van der Waals surface area contributed by atoms with E-state index in [9.17, 15) is 9.59 Å². The lowest BCUT2D eigenvalue weighted by molar-refractivity contribution is -0.0137. The number of urea groups is 1. The fraction of sp³-hybridized carbons (Fsp3) is 0.621. The molecule has 8 heteroatoms. The first-order chi connectivity index (χ1) is 17.9. The Morgan fingerprint density at radius 1 is 0.946 bits per heavy atom. The van der Waals surface area contributed by atoms with Crippen LogP contribution in [0, 0.1) is 24.7 Å². The first-order valence-electron chi connectivity index (χ1n) is 13.9. The highest BCUT2D eigenvalue weighted by Gasteiger charge is 2.51. The SMILES string of the molecule is Cc1ccc(OCc2nc(C(=O)NC3CCC(NC(=O)NC45CC6CC(CC(C6)C4)C5)CC3)cs2)cc1. The summed E-state index contributed by atoms with van der Waals surface area (Å²) in [6, 6.07) is 8.20. The van der Waals surface area contributed by atoms with Crippen LogP contribution >= 0.6 is 11.3 Å². The summed E-state index contributed by atoms with van der Waals surface area (Å²) in [6.07, 6.45) is 11.1. The summed E-state index contributed by atoms with van der Waals surface area (Å²) in [6.45, 7) is 2.39. The predicted molar refractivity (Wildman–Crippen MR) is 144 cm³/mol. The summed E-state index contributed by atoms with van der Waals surface area (Å²) < 4.78 is 5.79. The van der Waals surface area contributed by atoms with E-state index in [1.807, 2.05) is 31.2 Å². The molecule has 7 rings (SSSR count). The minimum atomic E-state index is -0.131. The van der Waals surface area contributed by atoms with Crippen molar-refractivity contribution in [3.63, 3.8) is 0 Å². The maximum atomic E-state index is 12.9. The third kappa shape index (κ3) is 5.79. The second-order valence-electron chi connectivity index (χ2n) is 12.0. The molecule has 0 radical (unpaired) electrons. The number of benzene rings is 1. The Kier molecular flexibility index (Phi) is 6.86. The molecule has 37 heavy (non-hydrogen) atoms. The molecule has 0 spiro atoms. The number of carbonyl (C=O) groups excluding carboxylic acids is 2. The van der Waals surface area contributed by atoms with Gasteiger partial charge in [-0.05, 0) is 101 Å². The van der Waals surface area contributed by atoms with Crippen LogP contribution in [0.1, 0.15) is 85.3 Å². The Bertz CT molecular complexity index is 1090. The molecule has 3 N–H and O–H groups in total. The van der Waals surface area contributed by atoms with E-state index in [1.54, 1.807) is 5.38 Å². The van der Waals surface area contributed by atoms with Gasteiger partial charge in [-0.15, -0.1) is 11.3 Å². The summed E-state index contributed by atoms with van der Waals surface area (Å²) in [4.78, 5) is 30.1. The molecule has 198 valence electrons. The average Bonchev–Trinajstić information content (AvgIpc) is 3.33. The molecule has 2 aromatic rings. The molecule has 0 aliphatic heterocycles. The molecule has 1 heterocycles. The van der Waals surface area contributed by atoms with Gasteiger partial charge in [0.1, 0.15) is 23.1 Å². The quantitative estimate of drug-likeness (QED) is 0.458. The number of ether oxygens (including phenoxy) is 1. The Morgan fingerprint density at radius 2 is 1.54 bits per heavy atom. The van der Waals surface area contributed by atoms with Crippen molar-refractivity contribution in [1.82, 2.24) is 20.9 Å². The summed E-state index contributed by atoms with van der Waals surface area (Å²) in [5.74, 6) is 3.12. The lowest BCUT2D eigenvalue weighted by Gasteiger charge is -2.56. The first-order valence-corrected chi connectivity index (χ1v) is 14.8. The molecule has 5 aliphatic carbocycles. The number of rotatable bonds is 7. The molecule has 4 bridgehead atoms. The van der Waals surface area contributed by atoms with Crippen molar-refractivity contribution in [2.24, 2.45) is 17.8 Å². The summed E-state index contributed by atoms with van der Waals surface area (Å²) in [5.41, 5.74) is 1.68. The van der Waals surface area contributed by atoms with Gasteiger partial charge in [0.05, 0.1) is 0 Å². The van der Waals surface area contributed by atoms with Gasteiger partial charge in [-0.2, -0.15) is 0 Å². The van der Waals surface area contributed by atoms with Crippen LogP contribution in [0.5, 0.6) is 5.75 Å². The fourth-order valence-corrected chi connectivity index (χ4v) is 8.31. The summed E-state index contributed by atoms with van der Waals surface area (Å²) in [7, 11) is 0. The fourth-order valence-electron chi connectivity index (χ4n) is 7.63. The zero-order chi connectivity index (χ0) is 25.4. The van der Waals surface area contributed by atoms with Crippen LogP contribution in [0.25, 0.3) is 0 Å². The van der Waals surface area contributed by atoms with Crippen molar-refractivity contribution in [1.29, 1.82) is 0 Å². The van der Waals surface area contributed by atoms with E-state index in [1.165, 1.54) is 55.4 Å². The number of amides is 3. The number of carbonyl (C=O) groups is 2. The minimum absolute atomic E-state index is 0.0114. The van der Waals surface area contributed by atoms with Gasteiger partial charge in [0.15, 0.2) is 0 Å². The van der Waals surface area contributed by atoms with Crippen molar-refractivity contribution < 1.29 is 14.3 Å². The first kappa shape index (κ1) is 24.7. The molecule has 1 aromatic heterocycles. The molecule has 7 nitrogen and oxygen atoms in total. The lowest BCUT2D eigenvalue weighted by Crippen LogP contribution is -2.62. The number of aromatic nitrogens is 1. The third-order valence-corrected chi connectivity index (χ3v) is 9.80. The van der Waals surface area contributed by atoms with Crippen LogP contribution in [0.3, 0.4) is 0 Å². The van der Waals surface area contributed by atoms with E-state index in [4.69, 9.17) is 4.74 Å². The van der Waals surface area contributed by atoms with Crippen LogP contribution in [-0.4, -0.2) is 34.5 Å². The van der Waals surface area contributed by atoms with Gasteiger partial charge >= 0.3 is 6.03 Å². The van der Waals surface area contributed by atoms with E-state index in [-0.39, 0.29) is 29.6 Å². The maximum absolute atomic E-state index is 12.9. The predicted octanol–water partition coefficient (Wildman–Crippen LogP) is 5.34. The Morgan fingerprint density at radius 3 is 2.16 bits per heavy atom. The minimum Gasteiger partial charge on any atom is -0.486 e. The number of hydrogen-bond acceptors (Lipinski definition) is 5. The zero-order valence-electron chi connectivity index (χ0n) is 21.6. The topological polar surface area (TPSA) is 92.3 Å². The molecular formula is C29H38N4O3S. The largest absolute Gasteiger partial charge is 0.486 e. The number of aryl methyl sites for hydroxylation is 1. The smallest absolute Gasteiger partial charge is 0.315 e. The second kappa shape index (κ2) is 10.3. The number of nitrogens with one attached hydrogen (secondary N) is 3. The number of hydrogen-bond donors (Lipinski definition) is 3. The van der Waals surface area contributed by atoms with Gasteiger partial charge in [-0.3, -0.25) is 4.79 Å². The monoisotopic (exact) mass is 522 g/mol. The van der Waals surface area contributed by atoms with E-state index in [0.29, 0.717) is 12.3 Å². The van der Waals surface area contributed by atoms with Crippen LogP contribution in [0.4, 0.5) is 4.79 Å². The molecular weight excluding hydrogens is 484 g/mol. The van der Waals surface area contributed by atoms with Crippen LogP contribution in [0.15, 0.2) is 29.6 Å². The highest BCUT2D eigenvalue weighted by Crippen LogP contribution is 2.55. The Hall–Kier alpha value is -2.61. The highest BCUT2D eigenvalue weighted by molar-refractivity contribution is 7.09. The zero-order valence-corrected chi connectivity index (χ0v) is 22.4. The molecule has 5 aliphatic rings. The van der Waals surface area contributed by atoms with Gasteiger partial charge < -0.3 is 20.7 Å². The van der Waals surface area contributed by atoms with Gasteiger partial charge in [0.2, 0.25) is 0 Å². The van der Waals surface area contributed by atoms with Crippen LogP contribution in [0.2, 0.25) is 0 Å². The maximum Gasteiger partial charge on any atom is 0.315 e. The van der Waals surface area contributed by atoms with Crippen molar-refractivity contribution in [3.8, 4) is 5.75 Å². The molecule has 0 unspecified atom stereocenters. The molecule has 3 amide bonds. The lowest BCUT2D eigenvalue weighted by atomic mass is 9.53. The average molecular weight is 523 g/mol. The Balaban J connectivity index is 0.927. The molecule has 1 aromatic carbocycles. The van der Waals surface area contributed by atoms with E-state index in [0.717, 1.165) is 54.2 Å². The third-order valence-electron chi connectivity index (χ3n) is 8.98. The highest BCUT2D eigenvalue weighted by atomic mass is 32.1. The summed E-state index contributed by atoms with van der Waals surface area (Å²) >= 11 is 1.44. The molecule has 0 atom stereocenters. The van der Waals surface area contributed by atoms with E-state index < -0.39 is 0 Å². The van der Waals surface area contributed by atoms with E-state index >= 15 is 0 Å². The van der Waals surface area contributed by atoms with Crippen molar-refractivity contribution in [2.45, 2.75) is 95.4 Å². The van der Waals surface area contributed by atoms with Crippen LogP contribution in [-0.2, 0) is 6.61 Å². The Labute approximate surface area is 223 Å². The molecule has 0 saturated heterocycles. The van der Waals surface area contributed by atoms with Gasteiger partial charge in [-0.1, -0.05) is 17.7 Å². The van der Waals surface area contributed by atoms with Crippen LogP contribution < -0.4 is 20.7 Å². The van der Waals surface area contributed by atoms with Gasteiger partial charge in [-0.25, -0.2) is 9.78 Å². The molecule has 5 saturated carbocycles. The van der Waals surface area contributed by atoms with Crippen molar-refractivity contribution >= 4 is 23.3 Å². The normalized spacial score (nSPS) is 32.1. The summed E-state index contributed by atoms with van der Waals surface area (Å²) in [5, 5.41) is 12.4. The number of nitrogens with zero attached hydrogens (tertiary/aromatic N) is 1. The van der Waals surface area contributed by atoms with Crippen molar-refractivity contribution in [3.05, 3.63) is 45.9 Å². The van der Waals surface area contributed by atoms with E-state index in [2.05, 4.69) is 20.9 Å². The number of thiazole rings is 1. The molecule has 5 fully saturated rings. The second-order valence-corrected chi connectivity index (χ2v) is 13.0. The standard InChI is InChI=1S/C29H38N4O3S/c1-18-2-8-24(9-3-18)36-16-26-32-25(17-37-26)27(34)30-22-4-6-23(7-5-22)31-28(35)33-29-13-19-10-20(14-29)12-21(11-19)15-29/h2-3,8-9,17,19-23H,4-7,10-16H2,1H3,(H,30,34)(H2,31,33,35). The van der Waals surface area contributed by atoms with Gasteiger partial charge in [0, 0.05) is 23.0 Å². The van der Waals surface area contributed by atoms with Crippen molar-refractivity contribution in [2.75, 3.05) is 0 Å².